The zero-order chi connectivity index (χ0) is 14.1. The Kier molecular flexibility index (Phi) is 11.2. The highest BCUT2D eigenvalue weighted by Gasteiger charge is 2.05. The van der Waals surface area contributed by atoms with E-state index in [4.69, 9.17) is 11.6 Å². The third-order valence-corrected chi connectivity index (χ3v) is 3.69. The molecular weight excluding hydrogens is 363 g/mol. The van der Waals surface area contributed by atoms with Crippen LogP contribution in [-0.2, 0) is 11.2 Å². The molecule has 1 amide bonds. The van der Waals surface area contributed by atoms with Gasteiger partial charge in [0.05, 0.1) is 0 Å². The van der Waals surface area contributed by atoms with Crippen molar-refractivity contribution in [3.8, 4) is 0 Å². The van der Waals surface area contributed by atoms with Gasteiger partial charge in [0, 0.05) is 29.0 Å². The second-order valence-electron chi connectivity index (χ2n) is 4.34. The molecule has 0 spiro atoms. The number of halogens is 3. The van der Waals surface area contributed by atoms with E-state index < -0.39 is 0 Å². The summed E-state index contributed by atoms with van der Waals surface area (Å²) < 4.78 is 0.995. The summed E-state index contributed by atoms with van der Waals surface area (Å²) >= 11 is 9.40. The third kappa shape index (κ3) is 8.10. The van der Waals surface area contributed by atoms with Crippen LogP contribution in [0.1, 0.15) is 25.3 Å². The Balaban J connectivity index is 0.00000361. The molecule has 0 radical (unpaired) electrons. The summed E-state index contributed by atoms with van der Waals surface area (Å²) in [6, 6.07) is 5.63. The van der Waals surface area contributed by atoms with Crippen LogP contribution >= 0.6 is 39.9 Å². The van der Waals surface area contributed by atoms with E-state index in [-0.39, 0.29) is 18.3 Å². The van der Waals surface area contributed by atoms with Crippen molar-refractivity contribution in [2.24, 2.45) is 0 Å². The summed E-state index contributed by atoms with van der Waals surface area (Å²) in [5, 5.41) is 6.83. The van der Waals surface area contributed by atoms with Crippen molar-refractivity contribution in [3.63, 3.8) is 0 Å². The van der Waals surface area contributed by atoms with Gasteiger partial charge in [0.2, 0.25) is 5.91 Å². The number of nitrogens with one attached hydrogen (secondary N) is 2. The molecule has 0 aliphatic heterocycles. The van der Waals surface area contributed by atoms with E-state index >= 15 is 0 Å². The molecule has 1 rings (SSSR count). The smallest absolute Gasteiger partial charge is 0.220 e. The number of benzene rings is 1. The molecule has 114 valence electrons. The first-order valence-corrected chi connectivity index (χ1v) is 7.72. The van der Waals surface area contributed by atoms with Gasteiger partial charge in [-0.1, -0.05) is 34.5 Å². The quantitative estimate of drug-likeness (QED) is 0.673. The monoisotopic (exact) mass is 382 g/mol. The van der Waals surface area contributed by atoms with Crippen LogP contribution in [0.3, 0.4) is 0 Å². The first kappa shape index (κ1) is 19.7. The topological polar surface area (TPSA) is 41.1 Å². The van der Waals surface area contributed by atoms with E-state index in [9.17, 15) is 4.79 Å². The van der Waals surface area contributed by atoms with Gasteiger partial charge < -0.3 is 10.6 Å². The van der Waals surface area contributed by atoms with E-state index in [1.165, 1.54) is 0 Å². The molecule has 0 saturated carbocycles. The predicted molar refractivity (Wildman–Crippen MR) is 90.9 cm³/mol. The van der Waals surface area contributed by atoms with Crippen LogP contribution in [0.25, 0.3) is 0 Å². The molecule has 3 nitrogen and oxygen atoms in total. The molecule has 0 bridgehead atoms. The molecule has 0 saturated heterocycles. The van der Waals surface area contributed by atoms with Gasteiger partial charge in [0.15, 0.2) is 0 Å². The standard InChI is InChI=1S/C14H20BrClN2O.ClH/c1-2-7-17-8-9-18-14(19)6-3-11-10-12(16)4-5-13(11)15;/h4-5,10,17H,2-3,6-9H2,1H3,(H,18,19);1H. The third-order valence-electron chi connectivity index (χ3n) is 2.68. The van der Waals surface area contributed by atoms with Crippen molar-refractivity contribution >= 4 is 45.8 Å². The highest BCUT2D eigenvalue weighted by atomic mass is 79.9. The van der Waals surface area contributed by atoms with Crippen LogP contribution in [0.2, 0.25) is 5.02 Å². The molecule has 0 atom stereocenters. The average molecular weight is 384 g/mol. The molecule has 0 fully saturated rings. The molecular formula is C14H21BrCl2N2O. The maximum Gasteiger partial charge on any atom is 0.220 e. The number of carbonyl (C=O) groups is 1. The summed E-state index contributed by atoms with van der Waals surface area (Å²) in [4.78, 5) is 11.7. The van der Waals surface area contributed by atoms with Gasteiger partial charge in [-0.2, -0.15) is 0 Å². The highest BCUT2D eigenvalue weighted by Crippen LogP contribution is 2.22. The Morgan fingerprint density at radius 3 is 2.75 bits per heavy atom. The van der Waals surface area contributed by atoms with E-state index in [0.29, 0.717) is 24.4 Å². The van der Waals surface area contributed by atoms with Crippen molar-refractivity contribution < 1.29 is 4.79 Å². The second kappa shape index (κ2) is 11.4. The number of hydrogen-bond donors (Lipinski definition) is 2. The van der Waals surface area contributed by atoms with Gasteiger partial charge in [-0.05, 0) is 43.1 Å². The minimum atomic E-state index is 0. The van der Waals surface area contributed by atoms with Gasteiger partial charge in [0.25, 0.3) is 0 Å². The van der Waals surface area contributed by atoms with Crippen LogP contribution in [0.5, 0.6) is 0 Å². The molecule has 20 heavy (non-hydrogen) atoms. The lowest BCUT2D eigenvalue weighted by Gasteiger charge is -2.07. The number of rotatable bonds is 8. The Labute approximate surface area is 140 Å². The van der Waals surface area contributed by atoms with Crippen molar-refractivity contribution in [3.05, 3.63) is 33.3 Å². The van der Waals surface area contributed by atoms with Gasteiger partial charge in [-0.25, -0.2) is 0 Å². The first-order valence-electron chi connectivity index (χ1n) is 6.54. The summed E-state index contributed by atoms with van der Waals surface area (Å²) in [5.74, 6) is 0.0742. The van der Waals surface area contributed by atoms with Crippen LogP contribution in [0.4, 0.5) is 0 Å². The highest BCUT2D eigenvalue weighted by molar-refractivity contribution is 9.10. The minimum Gasteiger partial charge on any atom is -0.355 e. The van der Waals surface area contributed by atoms with E-state index in [2.05, 4.69) is 33.5 Å². The second-order valence-corrected chi connectivity index (χ2v) is 5.63. The fraction of sp³-hybridized carbons (Fsp3) is 0.500. The average Bonchev–Trinajstić information content (AvgIpc) is 2.39. The molecule has 0 heterocycles. The fourth-order valence-corrected chi connectivity index (χ4v) is 2.30. The molecule has 1 aromatic carbocycles. The SMILES string of the molecule is CCCNCCNC(=O)CCc1cc(Cl)ccc1Br.Cl. The van der Waals surface area contributed by atoms with Gasteiger partial charge >= 0.3 is 0 Å². The normalized spacial score (nSPS) is 9.95. The molecule has 1 aromatic rings. The number of aryl methyl sites for hydroxylation is 1. The largest absolute Gasteiger partial charge is 0.355 e. The lowest BCUT2D eigenvalue weighted by atomic mass is 10.1. The fourth-order valence-electron chi connectivity index (χ4n) is 1.66. The first-order chi connectivity index (χ1) is 9.13. The Hall–Kier alpha value is -0.290. The molecule has 0 unspecified atom stereocenters. The summed E-state index contributed by atoms with van der Waals surface area (Å²) in [7, 11) is 0. The van der Waals surface area contributed by atoms with E-state index in [1.54, 1.807) is 0 Å². The summed E-state index contributed by atoms with van der Waals surface area (Å²) in [6.07, 6.45) is 2.28. The van der Waals surface area contributed by atoms with Crippen molar-refractivity contribution in [1.29, 1.82) is 0 Å². The number of hydrogen-bond acceptors (Lipinski definition) is 2. The molecule has 6 heteroatoms. The molecule has 2 N–H and O–H groups in total. The number of carbonyl (C=O) groups excluding carboxylic acids is 1. The molecule has 0 aliphatic carbocycles. The van der Waals surface area contributed by atoms with Crippen molar-refractivity contribution in [1.82, 2.24) is 10.6 Å². The molecule has 0 aromatic heterocycles. The van der Waals surface area contributed by atoms with Crippen molar-refractivity contribution in [2.45, 2.75) is 26.2 Å². The Morgan fingerprint density at radius 1 is 1.30 bits per heavy atom. The van der Waals surface area contributed by atoms with Gasteiger partial charge in [-0.3, -0.25) is 4.79 Å². The molecule has 0 aliphatic rings. The van der Waals surface area contributed by atoms with E-state index in [1.807, 2.05) is 18.2 Å². The maximum atomic E-state index is 11.7. The Morgan fingerprint density at radius 2 is 2.05 bits per heavy atom. The summed E-state index contributed by atoms with van der Waals surface area (Å²) in [6.45, 7) is 4.61. The van der Waals surface area contributed by atoms with Crippen LogP contribution in [-0.4, -0.2) is 25.5 Å². The van der Waals surface area contributed by atoms with E-state index in [0.717, 1.165) is 29.5 Å². The Bertz CT molecular complexity index is 416. The minimum absolute atomic E-state index is 0. The predicted octanol–water partition coefficient (Wildman–Crippen LogP) is 3.57. The summed E-state index contributed by atoms with van der Waals surface area (Å²) in [5.41, 5.74) is 1.06. The zero-order valence-corrected chi connectivity index (χ0v) is 14.7. The van der Waals surface area contributed by atoms with Gasteiger partial charge in [0.1, 0.15) is 0 Å². The van der Waals surface area contributed by atoms with Crippen molar-refractivity contribution in [2.75, 3.05) is 19.6 Å². The van der Waals surface area contributed by atoms with Crippen LogP contribution in [0, 0.1) is 0 Å². The number of amides is 1. The van der Waals surface area contributed by atoms with Crippen LogP contribution < -0.4 is 10.6 Å². The van der Waals surface area contributed by atoms with Crippen LogP contribution in [0.15, 0.2) is 22.7 Å². The zero-order valence-electron chi connectivity index (χ0n) is 11.5. The maximum absolute atomic E-state index is 11.7. The lowest BCUT2D eigenvalue weighted by molar-refractivity contribution is -0.121. The van der Waals surface area contributed by atoms with Gasteiger partial charge in [-0.15, -0.1) is 12.4 Å². The lowest BCUT2D eigenvalue weighted by Crippen LogP contribution is -2.32.